The van der Waals surface area contributed by atoms with Crippen molar-refractivity contribution in [3.05, 3.63) is 10.0 Å². The molecular weight excluding hydrogens is 275 g/mol. The molecule has 2 nitrogen and oxygen atoms in total. The summed E-state index contributed by atoms with van der Waals surface area (Å²) in [4.78, 5) is 7.72. The maximum absolute atomic E-state index is 6.04. The molecule has 0 bridgehead atoms. The molecule has 0 spiro atoms. The number of alkyl halides is 1. The summed E-state index contributed by atoms with van der Waals surface area (Å²) < 4.78 is 0. The van der Waals surface area contributed by atoms with Crippen LogP contribution in [0, 0.1) is 11.3 Å². The maximum atomic E-state index is 6.04. The Morgan fingerprint density at radius 1 is 1.47 bits per heavy atom. The molecule has 17 heavy (non-hydrogen) atoms. The molecule has 0 saturated carbocycles. The molecule has 5 heteroatoms. The van der Waals surface area contributed by atoms with Gasteiger partial charge in [-0.1, -0.05) is 43.7 Å². The Bertz CT molecular complexity index is 398. The van der Waals surface area contributed by atoms with Crippen LogP contribution in [0.5, 0.6) is 0 Å². The molecule has 2 heterocycles. The van der Waals surface area contributed by atoms with Gasteiger partial charge in [-0.15, -0.1) is 11.6 Å². The monoisotopic (exact) mass is 292 g/mol. The zero-order valence-electron chi connectivity index (χ0n) is 10.5. The van der Waals surface area contributed by atoms with Gasteiger partial charge in [-0.2, -0.15) is 0 Å². The van der Waals surface area contributed by atoms with Crippen molar-refractivity contribution in [3.8, 4) is 0 Å². The van der Waals surface area contributed by atoms with Crippen LogP contribution in [-0.4, -0.2) is 18.1 Å². The van der Waals surface area contributed by atoms with E-state index in [1.165, 1.54) is 6.42 Å². The minimum Gasteiger partial charge on any atom is -0.348 e. The predicted molar refractivity (Wildman–Crippen MR) is 76.5 cm³/mol. The van der Waals surface area contributed by atoms with E-state index in [-0.39, 0.29) is 0 Å². The van der Waals surface area contributed by atoms with Crippen LogP contribution < -0.4 is 4.90 Å². The normalized spacial score (nSPS) is 21.2. The summed E-state index contributed by atoms with van der Waals surface area (Å²) in [6.45, 7) is 9.07. The molecule has 2 rings (SSSR count). The summed E-state index contributed by atoms with van der Waals surface area (Å²) in [7, 11) is 0. The number of thiazole rings is 1. The molecule has 1 unspecified atom stereocenters. The van der Waals surface area contributed by atoms with Gasteiger partial charge < -0.3 is 4.90 Å². The summed E-state index contributed by atoms with van der Waals surface area (Å²) in [6.07, 6.45) is 1.23. The van der Waals surface area contributed by atoms with Crippen LogP contribution >= 0.6 is 34.5 Å². The quantitative estimate of drug-likeness (QED) is 0.751. The molecule has 0 amide bonds. The summed E-state index contributed by atoms with van der Waals surface area (Å²) >= 11 is 13.5. The SMILES string of the molecule is CC(C)(C)C1CCN(c2nc(Cl)c(CCl)s2)C1. The van der Waals surface area contributed by atoms with Crippen molar-refractivity contribution < 1.29 is 0 Å². The lowest BCUT2D eigenvalue weighted by molar-refractivity contribution is 0.263. The fourth-order valence-corrected chi connectivity index (χ4v) is 3.69. The molecular formula is C12H18Cl2N2S. The smallest absolute Gasteiger partial charge is 0.187 e. The Kier molecular flexibility index (Phi) is 3.91. The highest BCUT2D eigenvalue weighted by Crippen LogP contribution is 2.38. The van der Waals surface area contributed by atoms with Crippen molar-refractivity contribution in [2.24, 2.45) is 11.3 Å². The fraction of sp³-hybridized carbons (Fsp3) is 0.750. The van der Waals surface area contributed by atoms with E-state index in [0.29, 0.717) is 16.4 Å². The lowest BCUT2D eigenvalue weighted by atomic mass is 9.80. The molecule has 0 aliphatic carbocycles. The first kappa shape index (κ1) is 13.4. The molecule has 1 aromatic rings. The molecule has 1 atom stereocenters. The van der Waals surface area contributed by atoms with Crippen molar-refractivity contribution in [1.82, 2.24) is 4.98 Å². The van der Waals surface area contributed by atoms with Crippen molar-refractivity contribution in [3.63, 3.8) is 0 Å². The second-order valence-electron chi connectivity index (χ2n) is 5.64. The van der Waals surface area contributed by atoms with E-state index in [0.717, 1.165) is 29.0 Å². The molecule has 1 aromatic heterocycles. The zero-order chi connectivity index (χ0) is 12.6. The Hall–Kier alpha value is 0.01000. The number of hydrogen-bond donors (Lipinski definition) is 0. The number of hydrogen-bond acceptors (Lipinski definition) is 3. The highest BCUT2D eigenvalue weighted by atomic mass is 35.5. The van der Waals surface area contributed by atoms with Crippen molar-refractivity contribution in [2.45, 2.75) is 33.1 Å². The van der Waals surface area contributed by atoms with Gasteiger partial charge in [-0.3, -0.25) is 0 Å². The third-order valence-corrected chi connectivity index (χ3v) is 5.41. The standard InChI is InChI=1S/C12H18Cl2N2S/c1-12(2,3)8-4-5-16(7-8)11-15-10(14)9(6-13)17-11/h8H,4-7H2,1-3H3. The van der Waals surface area contributed by atoms with Crippen LogP contribution in [-0.2, 0) is 5.88 Å². The second kappa shape index (κ2) is 4.94. The number of nitrogens with zero attached hydrogens (tertiary/aromatic N) is 2. The van der Waals surface area contributed by atoms with E-state index in [9.17, 15) is 0 Å². The van der Waals surface area contributed by atoms with Gasteiger partial charge in [-0.05, 0) is 17.8 Å². The van der Waals surface area contributed by atoms with Crippen molar-refractivity contribution in [1.29, 1.82) is 0 Å². The third-order valence-electron chi connectivity index (χ3n) is 3.44. The molecule has 1 aliphatic heterocycles. The number of rotatable bonds is 2. The molecule has 96 valence electrons. The van der Waals surface area contributed by atoms with E-state index in [1.54, 1.807) is 11.3 Å². The average Bonchev–Trinajstić information content (AvgIpc) is 2.82. The van der Waals surface area contributed by atoms with Gasteiger partial charge in [0.25, 0.3) is 0 Å². The van der Waals surface area contributed by atoms with E-state index in [2.05, 4.69) is 30.7 Å². The average molecular weight is 293 g/mol. The van der Waals surface area contributed by atoms with Gasteiger partial charge >= 0.3 is 0 Å². The first-order valence-corrected chi connectivity index (χ1v) is 7.61. The van der Waals surface area contributed by atoms with E-state index < -0.39 is 0 Å². The Balaban J connectivity index is 2.10. The maximum Gasteiger partial charge on any atom is 0.187 e. The highest BCUT2D eigenvalue weighted by molar-refractivity contribution is 7.16. The van der Waals surface area contributed by atoms with Gasteiger partial charge in [0.1, 0.15) is 5.15 Å². The minimum atomic E-state index is 0.366. The zero-order valence-corrected chi connectivity index (χ0v) is 12.8. The second-order valence-corrected chi connectivity index (χ2v) is 7.33. The first-order chi connectivity index (χ1) is 7.91. The molecule has 1 saturated heterocycles. The van der Waals surface area contributed by atoms with Gasteiger partial charge in [0.2, 0.25) is 0 Å². The van der Waals surface area contributed by atoms with Gasteiger partial charge in [-0.25, -0.2) is 4.98 Å². The van der Waals surface area contributed by atoms with Gasteiger partial charge in [0.15, 0.2) is 5.13 Å². The van der Waals surface area contributed by atoms with Crippen LogP contribution in [0.15, 0.2) is 0 Å². The topological polar surface area (TPSA) is 16.1 Å². The number of halogens is 2. The number of anilines is 1. The Labute approximate surface area is 117 Å². The Morgan fingerprint density at radius 3 is 2.65 bits per heavy atom. The van der Waals surface area contributed by atoms with Gasteiger partial charge in [0.05, 0.1) is 10.8 Å². The van der Waals surface area contributed by atoms with Crippen LogP contribution in [0.2, 0.25) is 5.15 Å². The first-order valence-electron chi connectivity index (χ1n) is 5.88. The fourth-order valence-electron chi connectivity index (χ4n) is 2.18. The molecule has 0 aromatic carbocycles. The van der Waals surface area contributed by atoms with E-state index >= 15 is 0 Å². The van der Waals surface area contributed by atoms with Crippen LogP contribution in [0.4, 0.5) is 5.13 Å². The van der Waals surface area contributed by atoms with Crippen molar-refractivity contribution >= 4 is 39.7 Å². The van der Waals surface area contributed by atoms with Crippen molar-refractivity contribution in [2.75, 3.05) is 18.0 Å². The largest absolute Gasteiger partial charge is 0.348 e. The van der Waals surface area contributed by atoms with Crippen LogP contribution in [0.25, 0.3) is 0 Å². The summed E-state index contributed by atoms with van der Waals surface area (Å²) in [6, 6.07) is 0. The summed E-state index contributed by atoms with van der Waals surface area (Å²) in [5, 5.41) is 1.59. The van der Waals surface area contributed by atoms with Gasteiger partial charge in [0, 0.05) is 13.1 Å². The van der Waals surface area contributed by atoms with Crippen LogP contribution in [0.1, 0.15) is 32.1 Å². The molecule has 0 N–H and O–H groups in total. The lowest BCUT2D eigenvalue weighted by Crippen LogP contribution is -2.25. The highest BCUT2D eigenvalue weighted by Gasteiger charge is 2.33. The van der Waals surface area contributed by atoms with E-state index in [4.69, 9.17) is 23.2 Å². The minimum absolute atomic E-state index is 0.366. The molecule has 0 radical (unpaired) electrons. The van der Waals surface area contributed by atoms with E-state index in [1.807, 2.05) is 0 Å². The predicted octanol–water partition coefficient (Wildman–Crippen LogP) is 4.41. The van der Waals surface area contributed by atoms with Crippen LogP contribution in [0.3, 0.4) is 0 Å². The molecule has 1 aliphatic rings. The summed E-state index contributed by atoms with van der Waals surface area (Å²) in [5.74, 6) is 1.18. The summed E-state index contributed by atoms with van der Waals surface area (Å²) in [5.41, 5.74) is 0.366. The molecule has 1 fully saturated rings. The Morgan fingerprint density at radius 2 is 2.18 bits per heavy atom. The lowest BCUT2D eigenvalue weighted by Gasteiger charge is -2.26. The number of aromatic nitrogens is 1. The third kappa shape index (κ3) is 2.88.